The highest BCUT2D eigenvalue weighted by Crippen LogP contribution is 2.17. The molecule has 0 aliphatic rings. The molecular formula is C13H17ClO2. The van der Waals surface area contributed by atoms with Gasteiger partial charge in [-0.3, -0.25) is 0 Å². The summed E-state index contributed by atoms with van der Waals surface area (Å²) in [5, 5.41) is 0. The fraction of sp³-hybridized carbons (Fsp3) is 0.385. The van der Waals surface area contributed by atoms with E-state index in [1.54, 1.807) is 0 Å². The highest BCUT2D eigenvalue weighted by Gasteiger charge is 1.94. The minimum Gasteiger partial charge on any atom is -0.494 e. The van der Waals surface area contributed by atoms with E-state index in [9.17, 15) is 0 Å². The van der Waals surface area contributed by atoms with Crippen molar-refractivity contribution in [1.82, 2.24) is 0 Å². The Morgan fingerprint density at radius 2 is 1.69 bits per heavy atom. The molecule has 0 amide bonds. The van der Waals surface area contributed by atoms with Gasteiger partial charge < -0.3 is 9.47 Å². The van der Waals surface area contributed by atoms with Gasteiger partial charge in [-0.1, -0.05) is 19.1 Å². The second-order valence-electron chi connectivity index (χ2n) is 3.26. The maximum Gasteiger partial charge on any atom is 0.120 e. The van der Waals surface area contributed by atoms with Crippen LogP contribution in [0, 0.1) is 0 Å². The smallest absolute Gasteiger partial charge is 0.120 e. The molecule has 88 valence electrons. The Labute approximate surface area is 102 Å². The molecule has 0 spiro atoms. The van der Waals surface area contributed by atoms with Crippen molar-refractivity contribution in [2.24, 2.45) is 0 Å². The van der Waals surface area contributed by atoms with E-state index in [-0.39, 0.29) is 0 Å². The number of ether oxygens (including phenoxy) is 2. The van der Waals surface area contributed by atoms with Crippen LogP contribution in [0.4, 0.5) is 0 Å². The first-order valence-corrected chi connectivity index (χ1v) is 5.97. The molecule has 1 aromatic carbocycles. The summed E-state index contributed by atoms with van der Waals surface area (Å²) in [5.41, 5.74) is 0. The molecule has 0 aliphatic heterocycles. The average Bonchev–Trinajstić information content (AvgIpc) is 2.33. The van der Waals surface area contributed by atoms with Gasteiger partial charge in [0.2, 0.25) is 0 Å². The van der Waals surface area contributed by atoms with Crippen LogP contribution >= 0.6 is 11.6 Å². The Balaban J connectivity index is 2.36. The van der Waals surface area contributed by atoms with Gasteiger partial charge in [0.15, 0.2) is 0 Å². The van der Waals surface area contributed by atoms with E-state index in [1.165, 1.54) is 0 Å². The van der Waals surface area contributed by atoms with Gasteiger partial charge in [-0.25, -0.2) is 0 Å². The minimum atomic E-state index is 0.521. The maximum atomic E-state index is 5.49. The number of allylic oxidation sites excluding steroid dienone is 1. The van der Waals surface area contributed by atoms with Crippen molar-refractivity contribution in [1.29, 1.82) is 0 Å². The number of alkyl halides is 1. The molecule has 0 heterocycles. The van der Waals surface area contributed by atoms with Crippen molar-refractivity contribution >= 4 is 11.6 Å². The lowest BCUT2D eigenvalue weighted by molar-refractivity contribution is 0.315. The molecule has 0 saturated carbocycles. The molecule has 1 aromatic rings. The first kappa shape index (κ1) is 12.9. The normalized spacial score (nSPS) is 10.6. The first-order chi connectivity index (χ1) is 7.86. The zero-order valence-corrected chi connectivity index (χ0v) is 10.2. The number of benzene rings is 1. The van der Waals surface area contributed by atoms with E-state index in [1.807, 2.05) is 36.4 Å². The van der Waals surface area contributed by atoms with Gasteiger partial charge in [0.05, 0.1) is 6.61 Å². The Morgan fingerprint density at radius 1 is 1.06 bits per heavy atom. The number of hydrogen-bond acceptors (Lipinski definition) is 2. The van der Waals surface area contributed by atoms with Crippen LogP contribution in [0.2, 0.25) is 0 Å². The largest absolute Gasteiger partial charge is 0.494 e. The quantitative estimate of drug-likeness (QED) is 0.535. The molecule has 0 unspecified atom stereocenters. The Bertz CT molecular complexity index is 306. The topological polar surface area (TPSA) is 18.5 Å². The lowest BCUT2D eigenvalue weighted by atomic mass is 10.3. The molecular weight excluding hydrogens is 224 g/mol. The minimum absolute atomic E-state index is 0.521. The summed E-state index contributed by atoms with van der Waals surface area (Å²) < 4.78 is 10.9. The number of halogens is 1. The second kappa shape index (κ2) is 8.05. The van der Waals surface area contributed by atoms with Crippen LogP contribution in [-0.4, -0.2) is 19.1 Å². The average molecular weight is 241 g/mol. The summed E-state index contributed by atoms with van der Waals surface area (Å²) in [6.45, 7) is 3.38. The number of hydrogen-bond donors (Lipinski definition) is 0. The monoisotopic (exact) mass is 240 g/mol. The zero-order valence-electron chi connectivity index (χ0n) is 9.49. The maximum absolute atomic E-state index is 5.49. The van der Waals surface area contributed by atoms with E-state index in [2.05, 4.69) is 6.92 Å². The Kier molecular flexibility index (Phi) is 6.50. The highest BCUT2D eigenvalue weighted by atomic mass is 35.5. The SMILES string of the molecule is CCCOc1ccc(OCC=CCCl)cc1. The van der Waals surface area contributed by atoms with Gasteiger partial charge in [-0.15, -0.1) is 11.6 Å². The third kappa shape index (κ3) is 5.08. The summed E-state index contributed by atoms with van der Waals surface area (Å²) >= 11 is 5.49. The lowest BCUT2D eigenvalue weighted by Crippen LogP contribution is -1.96. The predicted molar refractivity (Wildman–Crippen MR) is 67.6 cm³/mol. The summed E-state index contributed by atoms with van der Waals surface area (Å²) in [6.07, 6.45) is 4.77. The standard InChI is InChI=1S/C13H17ClO2/c1-2-10-15-12-5-7-13(8-6-12)16-11-4-3-9-14/h3-8H,2,9-11H2,1H3. The summed E-state index contributed by atoms with van der Waals surface area (Å²) in [5.74, 6) is 2.24. The van der Waals surface area contributed by atoms with Crippen LogP contribution in [0.15, 0.2) is 36.4 Å². The molecule has 0 radical (unpaired) electrons. The zero-order chi connectivity index (χ0) is 11.6. The van der Waals surface area contributed by atoms with E-state index < -0.39 is 0 Å². The van der Waals surface area contributed by atoms with Gasteiger partial charge in [0.1, 0.15) is 18.1 Å². The van der Waals surface area contributed by atoms with Crippen molar-refractivity contribution in [3.05, 3.63) is 36.4 Å². The van der Waals surface area contributed by atoms with Crippen LogP contribution in [0.3, 0.4) is 0 Å². The third-order valence-electron chi connectivity index (χ3n) is 1.90. The van der Waals surface area contributed by atoms with Gasteiger partial charge in [0.25, 0.3) is 0 Å². The molecule has 0 aliphatic carbocycles. The first-order valence-electron chi connectivity index (χ1n) is 5.43. The molecule has 0 N–H and O–H groups in total. The Hall–Kier alpha value is -1.15. The molecule has 0 fully saturated rings. The summed E-state index contributed by atoms with van der Waals surface area (Å²) in [7, 11) is 0. The summed E-state index contributed by atoms with van der Waals surface area (Å²) in [4.78, 5) is 0. The highest BCUT2D eigenvalue weighted by molar-refractivity contribution is 6.18. The van der Waals surface area contributed by atoms with Crippen molar-refractivity contribution in [2.45, 2.75) is 13.3 Å². The lowest BCUT2D eigenvalue weighted by Gasteiger charge is -2.06. The van der Waals surface area contributed by atoms with E-state index in [4.69, 9.17) is 21.1 Å². The molecule has 2 nitrogen and oxygen atoms in total. The van der Waals surface area contributed by atoms with Crippen LogP contribution in [0.5, 0.6) is 11.5 Å². The van der Waals surface area contributed by atoms with E-state index in [0.29, 0.717) is 12.5 Å². The van der Waals surface area contributed by atoms with Crippen molar-refractivity contribution in [3.8, 4) is 11.5 Å². The molecule has 0 saturated heterocycles. The van der Waals surface area contributed by atoms with Crippen molar-refractivity contribution in [3.63, 3.8) is 0 Å². The molecule has 3 heteroatoms. The van der Waals surface area contributed by atoms with Crippen molar-refractivity contribution < 1.29 is 9.47 Å². The molecule has 0 bridgehead atoms. The van der Waals surface area contributed by atoms with Gasteiger partial charge in [-0.05, 0) is 30.7 Å². The summed E-state index contributed by atoms with van der Waals surface area (Å²) in [6, 6.07) is 7.63. The van der Waals surface area contributed by atoms with Crippen LogP contribution < -0.4 is 9.47 Å². The van der Waals surface area contributed by atoms with Crippen LogP contribution in [0.1, 0.15) is 13.3 Å². The van der Waals surface area contributed by atoms with Crippen LogP contribution in [0.25, 0.3) is 0 Å². The van der Waals surface area contributed by atoms with Crippen LogP contribution in [-0.2, 0) is 0 Å². The molecule has 0 aromatic heterocycles. The fourth-order valence-corrected chi connectivity index (χ4v) is 1.25. The van der Waals surface area contributed by atoms with Gasteiger partial charge in [0, 0.05) is 5.88 Å². The van der Waals surface area contributed by atoms with E-state index in [0.717, 1.165) is 24.5 Å². The van der Waals surface area contributed by atoms with Crippen molar-refractivity contribution in [2.75, 3.05) is 19.1 Å². The second-order valence-corrected chi connectivity index (χ2v) is 3.57. The molecule has 0 atom stereocenters. The third-order valence-corrected chi connectivity index (χ3v) is 2.08. The van der Waals surface area contributed by atoms with Gasteiger partial charge in [-0.2, -0.15) is 0 Å². The molecule has 16 heavy (non-hydrogen) atoms. The fourth-order valence-electron chi connectivity index (χ4n) is 1.13. The Morgan fingerprint density at radius 3 is 2.25 bits per heavy atom. The van der Waals surface area contributed by atoms with Gasteiger partial charge >= 0.3 is 0 Å². The van der Waals surface area contributed by atoms with E-state index >= 15 is 0 Å². The predicted octanol–water partition coefficient (Wildman–Crippen LogP) is 3.65. The molecule has 1 rings (SSSR count). The number of rotatable bonds is 7.